The molecule has 0 heterocycles. The Morgan fingerprint density at radius 3 is 1.32 bits per heavy atom. The smallest absolute Gasteiger partial charge is 0.126 e. The quantitative estimate of drug-likeness (QED) is 0.0797. The summed E-state index contributed by atoms with van der Waals surface area (Å²) in [5.41, 5.74) is 0. The molecule has 0 aromatic carbocycles. The molecule has 25 heavy (non-hydrogen) atoms. The highest BCUT2D eigenvalue weighted by molar-refractivity contribution is 9.09. The summed E-state index contributed by atoms with van der Waals surface area (Å²) in [6, 6.07) is -3.35. The fourth-order valence-corrected chi connectivity index (χ4v) is 13.1. The van der Waals surface area contributed by atoms with Crippen LogP contribution in [0.5, 0.6) is 0 Å². The van der Waals surface area contributed by atoms with Gasteiger partial charge in [-0.05, 0) is 46.6 Å². The molecule has 0 saturated heterocycles. The standard InChI is InChI=1S/C14H28Cl6S3Si2/c1-13(11-24(15,16)17)7-3-5-9-21-23-22-10-6-4-8-14(2)12-25(18,19)20/h13-14H,3-12H2,1-2H3. The van der Waals surface area contributed by atoms with Gasteiger partial charge in [-0.2, -0.15) is 0 Å². The van der Waals surface area contributed by atoms with Crippen molar-refractivity contribution in [1.29, 1.82) is 0 Å². The molecule has 0 spiro atoms. The van der Waals surface area contributed by atoms with Crippen molar-refractivity contribution in [3.05, 3.63) is 0 Å². The third-order valence-electron chi connectivity index (χ3n) is 3.61. The van der Waals surface area contributed by atoms with E-state index in [1.807, 2.05) is 31.4 Å². The van der Waals surface area contributed by atoms with E-state index in [-0.39, 0.29) is 0 Å². The zero-order valence-corrected chi connectivity index (χ0v) is 23.7. The van der Waals surface area contributed by atoms with Gasteiger partial charge in [0.15, 0.2) is 0 Å². The second kappa shape index (κ2) is 16.0. The zero-order valence-electron chi connectivity index (χ0n) is 14.7. The van der Waals surface area contributed by atoms with Crippen LogP contribution in [-0.2, 0) is 0 Å². The first-order valence-corrected chi connectivity index (χ1v) is 22.8. The van der Waals surface area contributed by atoms with Crippen LogP contribution in [0, 0.1) is 11.8 Å². The molecular weight excluding hydrogens is 533 g/mol. The second-order valence-corrected chi connectivity index (χ2v) is 29.4. The van der Waals surface area contributed by atoms with Gasteiger partial charge in [-0.25, -0.2) is 0 Å². The van der Waals surface area contributed by atoms with Gasteiger partial charge in [0.2, 0.25) is 0 Å². The molecule has 0 radical (unpaired) electrons. The number of unbranched alkanes of at least 4 members (excludes halogenated alkanes) is 2. The van der Waals surface area contributed by atoms with Crippen LogP contribution >= 0.6 is 97.9 Å². The van der Waals surface area contributed by atoms with E-state index in [0.29, 0.717) is 11.8 Å². The molecule has 11 heteroatoms. The zero-order chi connectivity index (χ0) is 19.3. The minimum atomic E-state index is -2.45. The van der Waals surface area contributed by atoms with E-state index in [0.717, 1.165) is 24.9 Å². The van der Waals surface area contributed by atoms with Gasteiger partial charge in [-0.1, -0.05) is 61.1 Å². The van der Waals surface area contributed by atoms with Crippen LogP contribution in [-0.4, -0.2) is 23.5 Å². The van der Waals surface area contributed by atoms with Gasteiger partial charge in [-0.3, -0.25) is 0 Å². The predicted molar refractivity (Wildman–Crippen MR) is 135 cm³/mol. The third-order valence-corrected chi connectivity index (χ3v) is 13.1. The molecule has 2 unspecified atom stereocenters. The van der Waals surface area contributed by atoms with Crippen molar-refractivity contribution >= 4 is 110 Å². The number of halogens is 6. The molecule has 0 aliphatic heterocycles. The fraction of sp³-hybridized carbons (Fsp3) is 1.00. The summed E-state index contributed by atoms with van der Waals surface area (Å²) in [5, 5.41) is 0. The summed E-state index contributed by atoms with van der Waals surface area (Å²) in [5.74, 6) is 3.44. The SMILES string of the molecule is CC(CCCCSSSCCCCC(C)C[Si](Cl)(Cl)Cl)C[Si](Cl)(Cl)Cl. The van der Waals surface area contributed by atoms with E-state index in [1.165, 1.54) is 37.2 Å². The van der Waals surface area contributed by atoms with Gasteiger partial charge < -0.3 is 0 Å². The molecule has 0 bridgehead atoms. The molecule has 0 rings (SSSR count). The number of hydrogen-bond donors (Lipinski definition) is 0. The average molecular weight is 561 g/mol. The molecule has 0 aliphatic rings. The molecule has 0 fully saturated rings. The minimum Gasteiger partial charge on any atom is -0.126 e. The number of rotatable bonds is 16. The Hall–Kier alpha value is 3.22. The Balaban J connectivity index is 3.32. The van der Waals surface area contributed by atoms with Crippen LogP contribution in [0.1, 0.15) is 52.4 Å². The highest BCUT2D eigenvalue weighted by Crippen LogP contribution is 2.37. The van der Waals surface area contributed by atoms with Gasteiger partial charge in [-0.15, -0.1) is 66.5 Å². The molecule has 0 aromatic rings. The Morgan fingerprint density at radius 2 is 1.00 bits per heavy atom. The Labute approximate surface area is 195 Å². The van der Waals surface area contributed by atoms with Gasteiger partial charge in [0.25, 0.3) is 0 Å². The van der Waals surface area contributed by atoms with Gasteiger partial charge >= 0.3 is 12.0 Å². The van der Waals surface area contributed by atoms with Crippen LogP contribution in [0.2, 0.25) is 12.1 Å². The summed E-state index contributed by atoms with van der Waals surface area (Å²) >= 11 is 35.7. The fourth-order valence-electron chi connectivity index (χ4n) is 2.40. The highest BCUT2D eigenvalue weighted by atomic mass is 35.8. The van der Waals surface area contributed by atoms with E-state index in [9.17, 15) is 0 Å². The first-order valence-electron chi connectivity index (χ1n) is 8.54. The topological polar surface area (TPSA) is 0 Å². The summed E-state index contributed by atoms with van der Waals surface area (Å²) in [4.78, 5) is 0. The van der Waals surface area contributed by atoms with Crippen LogP contribution in [0.15, 0.2) is 0 Å². The lowest BCUT2D eigenvalue weighted by atomic mass is 10.1. The summed E-state index contributed by atoms with van der Waals surface area (Å²) in [7, 11) is 5.82. The Kier molecular flexibility index (Phi) is 18.0. The predicted octanol–water partition coefficient (Wildman–Crippen LogP) is 9.94. The molecule has 0 saturated carbocycles. The maximum Gasteiger partial charge on any atom is 0.341 e. The first-order chi connectivity index (χ1) is 11.5. The van der Waals surface area contributed by atoms with Crippen molar-refractivity contribution in [2.24, 2.45) is 11.8 Å². The lowest BCUT2D eigenvalue weighted by molar-refractivity contribution is 0.549. The lowest BCUT2D eigenvalue weighted by Crippen LogP contribution is -2.13. The summed E-state index contributed by atoms with van der Waals surface area (Å²) in [6.45, 7) is 4.37. The second-order valence-electron chi connectivity index (χ2n) is 6.55. The average Bonchev–Trinajstić information content (AvgIpc) is 2.40. The monoisotopic (exact) mass is 558 g/mol. The maximum absolute atomic E-state index is 5.95. The van der Waals surface area contributed by atoms with Crippen LogP contribution in [0.25, 0.3) is 0 Å². The van der Waals surface area contributed by atoms with E-state index in [2.05, 4.69) is 13.8 Å². The molecular formula is C14H28Cl6S3Si2. The molecule has 152 valence electrons. The molecule has 0 N–H and O–H groups in total. The van der Waals surface area contributed by atoms with Crippen molar-refractivity contribution in [2.75, 3.05) is 11.5 Å². The van der Waals surface area contributed by atoms with Crippen LogP contribution in [0.4, 0.5) is 0 Å². The van der Waals surface area contributed by atoms with Crippen molar-refractivity contribution in [1.82, 2.24) is 0 Å². The van der Waals surface area contributed by atoms with Crippen LogP contribution in [0.3, 0.4) is 0 Å². The normalized spacial score (nSPS) is 15.4. The first kappa shape index (κ1) is 28.2. The van der Waals surface area contributed by atoms with Gasteiger partial charge in [0.05, 0.1) is 0 Å². The van der Waals surface area contributed by atoms with Crippen molar-refractivity contribution in [2.45, 2.75) is 64.5 Å². The molecule has 0 amide bonds. The Bertz CT molecular complexity index is 299. The molecule has 0 aliphatic carbocycles. The summed E-state index contributed by atoms with van der Waals surface area (Å²) < 4.78 is 0. The van der Waals surface area contributed by atoms with E-state index in [4.69, 9.17) is 66.5 Å². The molecule has 0 aromatic heterocycles. The lowest BCUT2D eigenvalue weighted by Gasteiger charge is -2.15. The van der Waals surface area contributed by atoms with Crippen molar-refractivity contribution < 1.29 is 0 Å². The largest absolute Gasteiger partial charge is 0.341 e. The number of hydrogen-bond acceptors (Lipinski definition) is 3. The third kappa shape index (κ3) is 23.4. The van der Waals surface area contributed by atoms with Crippen molar-refractivity contribution in [3.8, 4) is 0 Å². The van der Waals surface area contributed by atoms with E-state index in [1.54, 1.807) is 0 Å². The van der Waals surface area contributed by atoms with Crippen molar-refractivity contribution in [3.63, 3.8) is 0 Å². The van der Waals surface area contributed by atoms with Crippen LogP contribution < -0.4 is 0 Å². The molecule has 2 atom stereocenters. The van der Waals surface area contributed by atoms with E-state index < -0.39 is 12.0 Å². The minimum absolute atomic E-state index is 0.526. The highest BCUT2D eigenvalue weighted by Gasteiger charge is 2.27. The summed E-state index contributed by atoms with van der Waals surface area (Å²) in [6.07, 6.45) is 7.24. The Morgan fingerprint density at radius 1 is 0.640 bits per heavy atom. The van der Waals surface area contributed by atoms with Gasteiger partial charge in [0.1, 0.15) is 0 Å². The maximum atomic E-state index is 5.95. The van der Waals surface area contributed by atoms with E-state index >= 15 is 0 Å². The van der Waals surface area contributed by atoms with Gasteiger partial charge in [0, 0.05) is 11.5 Å². The molecule has 0 nitrogen and oxygen atoms in total.